The maximum absolute atomic E-state index is 12.6. The molecule has 3 aromatic rings. The second-order valence-corrected chi connectivity index (χ2v) is 5.42. The van der Waals surface area contributed by atoms with Crippen molar-refractivity contribution < 1.29 is 17.9 Å². The highest BCUT2D eigenvalue weighted by Crippen LogP contribution is 2.30. The third kappa shape index (κ3) is 4.12. The smallest absolute Gasteiger partial charge is 0.416 e. The Morgan fingerprint density at radius 2 is 1.72 bits per heavy atom. The summed E-state index contributed by atoms with van der Waals surface area (Å²) in [4.78, 5) is 7.25. The SMILES string of the molecule is COc1ccc(CNc2ncc(-c3ccc(C(F)(F)F)cc3)[nH]2)cc1. The van der Waals surface area contributed by atoms with E-state index in [1.54, 1.807) is 13.3 Å². The van der Waals surface area contributed by atoms with Gasteiger partial charge < -0.3 is 15.0 Å². The molecule has 0 aliphatic rings. The van der Waals surface area contributed by atoms with Crippen LogP contribution in [0.4, 0.5) is 19.1 Å². The van der Waals surface area contributed by atoms with E-state index in [0.29, 0.717) is 23.8 Å². The lowest BCUT2D eigenvalue weighted by atomic mass is 10.1. The first-order valence-electron chi connectivity index (χ1n) is 7.55. The molecule has 1 heterocycles. The highest BCUT2D eigenvalue weighted by molar-refractivity contribution is 5.60. The minimum atomic E-state index is -4.34. The minimum Gasteiger partial charge on any atom is -0.497 e. The molecule has 2 N–H and O–H groups in total. The molecule has 0 amide bonds. The average Bonchev–Trinajstić information content (AvgIpc) is 3.09. The van der Waals surface area contributed by atoms with Crippen molar-refractivity contribution in [1.82, 2.24) is 9.97 Å². The van der Waals surface area contributed by atoms with Crippen LogP contribution in [0, 0.1) is 0 Å². The van der Waals surface area contributed by atoms with E-state index in [0.717, 1.165) is 23.4 Å². The van der Waals surface area contributed by atoms with Crippen molar-refractivity contribution in [2.24, 2.45) is 0 Å². The first-order chi connectivity index (χ1) is 12.0. The highest BCUT2D eigenvalue weighted by Gasteiger charge is 2.30. The number of aromatic amines is 1. The lowest BCUT2D eigenvalue weighted by Gasteiger charge is -2.07. The van der Waals surface area contributed by atoms with E-state index in [1.165, 1.54) is 12.1 Å². The van der Waals surface area contributed by atoms with Gasteiger partial charge in [-0.15, -0.1) is 0 Å². The Labute approximate surface area is 142 Å². The van der Waals surface area contributed by atoms with Gasteiger partial charge in [0.15, 0.2) is 0 Å². The van der Waals surface area contributed by atoms with Crippen molar-refractivity contribution in [1.29, 1.82) is 0 Å². The lowest BCUT2D eigenvalue weighted by molar-refractivity contribution is -0.137. The van der Waals surface area contributed by atoms with E-state index in [-0.39, 0.29) is 0 Å². The van der Waals surface area contributed by atoms with E-state index >= 15 is 0 Å². The van der Waals surface area contributed by atoms with Crippen LogP contribution in [0.25, 0.3) is 11.3 Å². The summed E-state index contributed by atoms with van der Waals surface area (Å²) in [6.07, 6.45) is -2.75. The summed E-state index contributed by atoms with van der Waals surface area (Å²) in [5.41, 5.74) is 1.66. The van der Waals surface area contributed by atoms with Gasteiger partial charge in [0.25, 0.3) is 0 Å². The topological polar surface area (TPSA) is 49.9 Å². The highest BCUT2D eigenvalue weighted by atomic mass is 19.4. The second-order valence-electron chi connectivity index (χ2n) is 5.42. The van der Waals surface area contributed by atoms with E-state index in [1.807, 2.05) is 24.3 Å². The molecule has 0 fully saturated rings. The summed E-state index contributed by atoms with van der Waals surface area (Å²) in [6.45, 7) is 0.559. The van der Waals surface area contributed by atoms with Gasteiger partial charge in [-0.25, -0.2) is 4.98 Å². The monoisotopic (exact) mass is 347 g/mol. The van der Waals surface area contributed by atoms with Crippen molar-refractivity contribution in [2.45, 2.75) is 12.7 Å². The number of ether oxygens (including phenoxy) is 1. The number of rotatable bonds is 5. The van der Waals surface area contributed by atoms with Gasteiger partial charge in [-0.3, -0.25) is 0 Å². The summed E-state index contributed by atoms with van der Waals surface area (Å²) < 4.78 is 42.9. The molecule has 0 bridgehead atoms. The van der Waals surface area contributed by atoms with Gasteiger partial charge in [0.1, 0.15) is 5.75 Å². The number of anilines is 1. The Hall–Kier alpha value is -2.96. The zero-order valence-corrected chi connectivity index (χ0v) is 13.4. The number of imidazole rings is 1. The minimum absolute atomic E-state index is 0.547. The van der Waals surface area contributed by atoms with Crippen LogP contribution in [0.5, 0.6) is 5.75 Å². The van der Waals surface area contributed by atoms with E-state index in [9.17, 15) is 13.2 Å². The van der Waals surface area contributed by atoms with Crippen LogP contribution in [0.3, 0.4) is 0 Å². The number of nitrogens with zero attached hydrogens (tertiary/aromatic N) is 1. The number of alkyl halides is 3. The number of hydrogen-bond donors (Lipinski definition) is 2. The number of benzene rings is 2. The molecule has 25 heavy (non-hydrogen) atoms. The number of aromatic nitrogens is 2. The van der Waals surface area contributed by atoms with Crippen LogP contribution < -0.4 is 10.1 Å². The van der Waals surface area contributed by atoms with Crippen molar-refractivity contribution in [3.05, 3.63) is 65.9 Å². The van der Waals surface area contributed by atoms with Crippen molar-refractivity contribution in [2.75, 3.05) is 12.4 Å². The molecule has 0 saturated carbocycles. The van der Waals surface area contributed by atoms with Crippen LogP contribution in [-0.2, 0) is 12.7 Å². The molecule has 0 atom stereocenters. The molecule has 0 unspecified atom stereocenters. The average molecular weight is 347 g/mol. The molecule has 4 nitrogen and oxygen atoms in total. The number of methoxy groups -OCH3 is 1. The fourth-order valence-electron chi connectivity index (χ4n) is 2.33. The molecule has 0 aliphatic heterocycles. The molecule has 2 aromatic carbocycles. The Bertz CT molecular complexity index is 824. The molecule has 130 valence electrons. The number of H-pyrrole nitrogens is 1. The second kappa shape index (κ2) is 6.88. The summed E-state index contributed by atoms with van der Waals surface area (Å²) in [6, 6.07) is 12.6. The first-order valence-corrected chi connectivity index (χ1v) is 7.55. The Balaban J connectivity index is 1.65. The molecular weight excluding hydrogens is 331 g/mol. The van der Waals surface area contributed by atoms with E-state index in [2.05, 4.69) is 15.3 Å². The molecule has 3 rings (SSSR count). The van der Waals surface area contributed by atoms with Gasteiger partial charge in [0, 0.05) is 6.54 Å². The Kier molecular flexibility index (Phi) is 4.65. The molecular formula is C18H16F3N3O. The fourth-order valence-corrected chi connectivity index (χ4v) is 2.33. The Morgan fingerprint density at radius 1 is 1.04 bits per heavy atom. The van der Waals surface area contributed by atoms with Gasteiger partial charge in [-0.1, -0.05) is 24.3 Å². The van der Waals surface area contributed by atoms with Gasteiger partial charge >= 0.3 is 6.18 Å². The first kappa shape index (κ1) is 16.9. The van der Waals surface area contributed by atoms with Crippen LogP contribution in [0.1, 0.15) is 11.1 Å². The predicted molar refractivity (Wildman–Crippen MR) is 89.3 cm³/mol. The number of hydrogen-bond acceptors (Lipinski definition) is 3. The molecule has 0 spiro atoms. The lowest BCUT2D eigenvalue weighted by Crippen LogP contribution is -2.04. The zero-order chi connectivity index (χ0) is 17.9. The molecule has 7 heteroatoms. The number of nitrogens with one attached hydrogen (secondary N) is 2. The summed E-state index contributed by atoms with van der Waals surface area (Å²) in [7, 11) is 1.61. The van der Waals surface area contributed by atoms with Gasteiger partial charge in [-0.2, -0.15) is 13.2 Å². The summed E-state index contributed by atoms with van der Waals surface area (Å²) in [5.74, 6) is 1.33. The van der Waals surface area contributed by atoms with Crippen LogP contribution in [0.15, 0.2) is 54.7 Å². The molecule has 0 aliphatic carbocycles. The third-order valence-corrected chi connectivity index (χ3v) is 3.72. The van der Waals surface area contributed by atoms with Crippen LogP contribution in [-0.4, -0.2) is 17.1 Å². The van der Waals surface area contributed by atoms with Crippen molar-refractivity contribution >= 4 is 5.95 Å². The maximum atomic E-state index is 12.6. The predicted octanol–water partition coefficient (Wildman–Crippen LogP) is 4.72. The fraction of sp³-hybridized carbons (Fsp3) is 0.167. The largest absolute Gasteiger partial charge is 0.497 e. The van der Waals surface area contributed by atoms with Gasteiger partial charge in [-0.05, 0) is 35.4 Å². The zero-order valence-electron chi connectivity index (χ0n) is 13.4. The van der Waals surface area contributed by atoms with E-state index in [4.69, 9.17) is 4.74 Å². The quantitative estimate of drug-likeness (QED) is 0.702. The molecule has 1 aromatic heterocycles. The van der Waals surface area contributed by atoms with E-state index < -0.39 is 11.7 Å². The third-order valence-electron chi connectivity index (χ3n) is 3.72. The number of halogens is 3. The van der Waals surface area contributed by atoms with Crippen LogP contribution in [0.2, 0.25) is 0 Å². The van der Waals surface area contributed by atoms with Crippen LogP contribution >= 0.6 is 0 Å². The van der Waals surface area contributed by atoms with Gasteiger partial charge in [0.2, 0.25) is 5.95 Å². The maximum Gasteiger partial charge on any atom is 0.416 e. The summed E-state index contributed by atoms with van der Waals surface area (Å²) >= 11 is 0. The van der Waals surface area contributed by atoms with Crippen molar-refractivity contribution in [3.8, 4) is 17.0 Å². The normalized spacial score (nSPS) is 11.4. The summed E-state index contributed by atoms with van der Waals surface area (Å²) in [5, 5.41) is 3.14. The van der Waals surface area contributed by atoms with Crippen molar-refractivity contribution in [3.63, 3.8) is 0 Å². The molecule has 0 saturated heterocycles. The van der Waals surface area contributed by atoms with Gasteiger partial charge in [0.05, 0.1) is 24.6 Å². The standard InChI is InChI=1S/C18H16F3N3O/c1-25-15-8-2-12(3-9-15)10-22-17-23-11-16(24-17)13-4-6-14(7-5-13)18(19,20)21/h2-9,11H,10H2,1H3,(H2,22,23,24). The Morgan fingerprint density at radius 3 is 2.32 bits per heavy atom. The molecule has 0 radical (unpaired) electrons.